The highest BCUT2D eigenvalue weighted by atomic mass is 14.2. The van der Waals surface area contributed by atoms with Crippen molar-refractivity contribution in [3.8, 4) is 11.1 Å². The van der Waals surface area contributed by atoms with E-state index in [1.807, 2.05) is 0 Å². The molecule has 0 heteroatoms. The quantitative estimate of drug-likeness (QED) is 0.661. The van der Waals surface area contributed by atoms with Crippen LogP contribution < -0.4 is 10.4 Å². The maximum absolute atomic E-state index is 2.38. The summed E-state index contributed by atoms with van der Waals surface area (Å²) in [4.78, 5) is 0. The first-order chi connectivity index (χ1) is 9.76. The smallest absolute Gasteiger partial charge is 0 e. The van der Waals surface area contributed by atoms with Crippen LogP contribution in [0.3, 0.4) is 0 Å². The standard InChI is InChI=1S/C17H14.C3H8.H2/c1-11-8-9-13-14-6-2-4-12-5-3-7-15(17(12)14)16(13)10-11;1-3-2;/h3-5,7-10H,2,6H2,1H3;3H2,1-2H3;1H. The molecular formula is C20H24. The highest BCUT2D eigenvalue weighted by Gasteiger charge is 2.21. The summed E-state index contributed by atoms with van der Waals surface area (Å²) in [6.07, 6.45) is 6.00. The van der Waals surface area contributed by atoms with Crippen LogP contribution in [0.15, 0.2) is 36.4 Å². The number of hydrogen-bond acceptors (Lipinski definition) is 0. The molecule has 0 spiro atoms. The lowest BCUT2D eigenvalue weighted by atomic mass is 9.97. The summed E-state index contributed by atoms with van der Waals surface area (Å²) < 4.78 is 0. The highest BCUT2D eigenvalue weighted by Crippen LogP contribution is 2.34. The molecule has 0 N–H and O–H groups in total. The van der Waals surface area contributed by atoms with Crippen LogP contribution >= 0.6 is 0 Å². The third kappa shape index (κ3) is 2.00. The van der Waals surface area contributed by atoms with Gasteiger partial charge in [-0.25, -0.2) is 0 Å². The van der Waals surface area contributed by atoms with Crippen molar-refractivity contribution in [3.05, 3.63) is 58.0 Å². The first kappa shape index (κ1) is 13.2. The molecule has 104 valence electrons. The third-order valence-electron chi connectivity index (χ3n) is 3.95. The molecule has 0 atom stereocenters. The van der Waals surface area contributed by atoms with Crippen molar-refractivity contribution in [3.63, 3.8) is 0 Å². The fourth-order valence-corrected chi connectivity index (χ4v) is 3.21. The summed E-state index contributed by atoms with van der Waals surface area (Å²) in [6, 6.07) is 13.6. The minimum Gasteiger partial charge on any atom is -0.0763 e. The largest absolute Gasteiger partial charge is 0.0763 e. The predicted octanol–water partition coefficient (Wildman–Crippen LogP) is 4.41. The van der Waals surface area contributed by atoms with E-state index in [2.05, 4.69) is 63.2 Å². The van der Waals surface area contributed by atoms with Gasteiger partial charge < -0.3 is 0 Å². The van der Waals surface area contributed by atoms with E-state index < -0.39 is 0 Å². The second-order valence-corrected chi connectivity index (χ2v) is 5.75. The second-order valence-electron chi connectivity index (χ2n) is 5.75. The van der Waals surface area contributed by atoms with Gasteiger partial charge in [0.05, 0.1) is 0 Å². The Bertz CT molecular complexity index is 769. The molecule has 0 nitrogen and oxygen atoms in total. The molecule has 0 bridgehead atoms. The zero-order chi connectivity index (χ0) is 14.1. The van der Waals surface area contributed by atoms with Gasteiger partial charge in [0.15, 0.2) is 0 Å². The van der Waals surface area contributed by atoms with Gasteiger partial charge in [0.1, 0.15) is 0 Å². The maximum atomic E-state index is 2.38. The van der Waals surface area contributed by atoms with Crippen LogP contribution in [0, 0.1) is 6.92 Å². The Morgan fingerprint density at radius 2 is 1.80 bits per heavy atom. The molecule has 2 aliphatic rings. The van der Waals surface area contributed by atoms with Crippen LogP contribution in [0.2, 0.25) is 0 Å². The Morgan fingerprint density at radius 1 is 1.00 bits per heavy atom. The third-order valence-corrected chi connectivity index (χ3v) is 3.95. The lowest BCUT2D eigenvalue weighted by Gasteiger charge is -2.07. The van der Waals surface area contributed by atoms with Gasteiger partial charge in [-0.05, 0) is 52.5 Å². The number of aryl methyl sites for hydroxylation is 1. The van der Waals surface area contributed by atoms with Crippen molar-refractivity contribution < 1.29 is 1.43 Å². The fourth-order valence-electron chi connectivity index (χ4n) is 3.21. The van der Waals surface area contributed by atoms with Crippen LogP contribution in [0.1, 0.15) is 45.7 Å². The Labute approximate surface area is 123 Å². The van der Waals surface area contributed by atoms with Crippen molar-refractivity contribution in [1.29, 1.82) is 0 Å². The molecule has 0 unspecified atom stereocenters. The second kappa shape index (κ2) is 5.28. The van der Waals surface area contributed by atoms with Crippen LogP contribution in [0.25, 0.3) is 22.8 Å². The number of benzene rings is 2. The van der Waals surface area contributed by atoms with E-state index in [-0.39, 0.29) is 1.43 Å². The van der Waals surface area contributed by atoms with Crippen LogP contribution in [0.4, 0.5) is 0 Å². The number of fused-ring (bicyclic) bond motifs is 3. The van der Waals surface area contributed by atoms with E-state index in [0.717, 1.165) is 0 Å². The topological polar surface area (TPSA) is 0 Å². The van der Waals surface area contributed by atoms with Crippen LogP contribution in [0.5, 0.6) is 0 Å². The van der Waals surface area contributed by atoms with E-state index >= 15 is 0 Å². The molecule has 20 heavy (non-hydrogen) atoms. The predicted molar refractivity (Wildman–Crippen MR) is 90.2 cm³/mol. The van der Waals surface area contributed by atoms with Crippen molar-refractivity contribution in [2.75, 3.05) is 0 Å². The Morgan fingerprint density at radius 3 is 2.60 bits per heavy atom. The molecule has 0 aliphatic heterocycles. The van der Waals surface area contributed by atoms with Gasteiger partial charge in [0.25, 0.3) is 0 Å². The summed E-state index contributed by atoms with van der Waals surface area (Å²) in [6.45, 7) is 6.42. The molecule has 4 rings (SSSR count). The lowest BCUT2D eigenvalue weighted by molar-refractivity contribution is 1.09. The molecule has 0 heterocycles. The minimum absolute atomic E-state index is 0. The summed E-state index contributed by atoms with van der Waals surface area (Å²) in [7, 11) is 0. The molecule has 2 aromatic rings. The minimum atomic E-state index is 0. The Kier molecular flexibility index (Phi) is 3.48. The molecular weight excluding hydrogens is 240 g/mol. The van der Waals surface area contributed by atoms with Gasteiger partial charge in [0, 0.05) is 1.43 Å². The molecule has 0 amide bonds. The van der Waals surface area contributed by atoms with E-state index in [9.17, 15) is 0 Å². The summed E-state index contributed by atoms with van der Waals surface area (Å²) >= 11 is 0. The van der Waals surface area contributed by atoms with Crippen molar-refractivity contribution >= 4 is 11.6 Å². The summed E-state index contributed by atoms with van der Waals surface area (Å²) in [5.41, 5.74) is 7.25. The van der Waals surface area contributed by atoms with Gasteiger partial charge in [-0.3, -0.25) is 0 Å². The Balaban J connectivity index is 0.000000375. The van der Waals surface area contributed by atoms with Gasteiger partial charge in [-0.15, -0.1) is 0 Å². The van der Waals surface area contributed by atoms with E-state index in [4.69, 9.17) is 0 Å². The van der Waals surface area contributed by atoms with Gasteiger partial charge >= 0.3 is 0 Å². The highest BCUT2D eigenvalue weighted by molar-refractivity contribution is 5.90. The molecule has 0 saturated heterocycles. The molecule has 0 fully saturated rings. The van der Waals surface area contributed by atoms with Crippen LogP contribution in [-0.2, 0) is 0 Å². The van der Waals surface area contributed by atoms with Gasteiger partial charge in [0.2, 0.25) is 0 Å². The van der Waals surface area contributed by atoms with Gasteiger partial charge in [-0.1, -0.05) is 68.3 Å². The van der Waals surface area contributed by atoms with Gasteiger partial charge in [-0.2, -0.15) is 0 Å². The summed E-state index contributed by atoms with van der Waals surface area (Å²) in [5, 5.41) is 2.93. The molecule has 2 aliphatic carbocycles. The molecule has 0 radical (unpaired) electrons. The van der Waals surface area contributed by atoms with Crippen molar-refractivity contribution in [2.24, 2.45) is 0 Å². The van der Waals surface area contributed by atoms with Crippen LogP contribution in [-0.4, -0.2) is 0 Å². The number of hydrogen-bond donors (Lipinski definition) is 0. The normalized spacial score (nSPS) is 13.8. The van der Waals surface area contributed by atoms with Crippen molar-refractivity contribution in [1.82, 2.24) is 0 Å². The van der Waals surface area contributed by atoms with E-state index in [0.29, 0.717) is 0 Å². The summed E-state index contributed by atoms with van der Waals surface area (Å²) in [5.74, 6) is 0. The van der Waals surface area contributed by atoms with E-state index in [1.54, 1.807) is 5.57 Å². The fraction of sp³-hybridized carbons (Fsp3) is 0.300. The lowest BCUT2D eigenvalue weighted by Crippen LogP contribution is -2.28. The average Bonchev–Trinajstić information content (AvgIpc) is 2.77. The van der Waals surface area contributed by atoms with Crippen molar-refractivity contribution in [2.45, 2.75) is 40.0 Å². The zero-order valence-electron chi connectivity index (χ0n) is 12.7. The molecule has 2 aromatic carbocycles. The maximum Gasteiger partial charge on any atom is 0 e. The first-order valence-electron chi connectivity index (χ1n) is 7.70. The average molecular weight is 264 g/mol. The monoisotopic (exact) mass is 264 g/mol. The first-order valence-corrected chi connectivity index (χ1v) is 7.70. The SMILES string of the molecule is CCC.Cc1ccc2c(c1)-c1cccc3c1=C2CCC=3.[HH]. The Hall–Kier alpha value is -1.82. The van der Waals surface area contributed by atoms with E-state index in [1.165, 1.54) is 52.0 Å². The molecule has 0 saturated carbocycles. The molecule has 0 aromatic heterocycles. The number of rotatable bonds is 0. The zero-order valence-corrected chi connectivity index (χ0v) is 12.7.